The second kappa shape index (κ2) is 8.97. The second-order valence-corrected chi connectivity index (χ2v) is 6.60. The van der Waals surface area contributed by atoms with Crippen LogP contribution >= 0.6 is 11.6 Å². The number of benzene rings is 1. The van der Waals surface area contributed by atoms with Gasteiger partial charge in [0.15, 0.2) is 0 Å². The Balaban J connectivity index is 1.56. The minimum atomic E-state index is -0.466. The van der Waals surface area contributed by atoms with Crippen LogP contribution in [0.2, 0.25) is 5.02 Å². The molecule has 1 unspecified atom stereocenters. The molecular formula is C20H20ClFN2O3. The first-order chi connectivity index (χ1) is 13.0. The van der Waals surface area contributed by atoms with Crippen LogP contribution in [0.5, 0.6) is 5.75 Å². The molecule has 1 amide bonds. The van der Waals surface area contributed by atoms with Gasteiger partial charge in [-0.15, -0.1) is 0 Å². The Bertz CT molecular complexity index is 806. The molecule has 2 aromatic rings. The molecule has 142 valence electrons. The predicted octanol–water partition coefficient (Wildman–Crippen LogP) is 3.50. The molecule has 0 saturated carbocycles. The van der Waals surface area contributed by atoms with Crippen LogP contribution in [0.25, 0.3) is 6.08 Å². The number of hydrogen-bond donors (Lipinski definition) is 0. The average Bonchev–Trinajstić information content (AvgIpc) is 2.67. The minimum Gasteiger partial charge on any atom is -0.489 e. The van der Waals surface area contributed by atoms with Crippen LogP contribution in [-0.4, -0.2) is 48.2 Å². The molecule has 27 heavy (non-hydrogen) atoms. The zero-order chi connectivity index (χ0) is 19.2. The summed E-state index contributed by atoms with van der Waals surface area (Å²) in [6.07, 6.45) is 4.15. The van der Waals surface area contributed by atoms with Crippen LogP contribution in [0.3, 0.4) is 0 Å². The summed E-state index contributed by atoms with van der Waals surface area (Å²) in [4.78, 5) is 18.2. The summed E-state index contributed by atoms with van der Waals surface area (Å²) in [6, 6.07) is 8.11. The summed E-state index contributed by atoms with van der Waals surface area (Å²) in [5, 5.41) is 0.263. The van der Waals surface area contributed by atoms with E-state index < -0.39 is 5.82 Å². The SMILES string of the molecule is Cc1ccc(OCC2CN(C(=O)C=Cc3c(F)cccc3Cl)CCO2)cn1. The van der Waals surface area contributed by atoms with Crippen molar-refractivity contribution in [1.29, 1.82) is 0 Å². The van der Waals surface area contributed by atoms with Crippen LogP contribution in [0.1, 0.15) is 11.3 Å². The van der Waals surface area contributed by atoms with Crippen molar-refractivity contribution in [2.75, 3.05) is 26.3 Å². The number of halogens is 2. The standard InChI is InChI=1S/C20H20ClFN2O3/c1-14-5-6-15(11-23-14)27-13-16-12-24(9-10-26-16)20(25)8-7-17-18(21)3-2-4-19(17)22/h2-8,11,16H,9-10,12-13H2,1H3. The molecule has 1 fully saturated rings. The molecule has 1 aromatic heterocycles. The third-order valence-corrected chi connectivity index (χ3v) is 4.49. The van der Waals surface area contributed by atoms with Crippen molar-refractivity contribution in [2.24, 2.45) is 0 Å². The smallest absolute Gasteiger partial charge is 0.246 e. The van der Waals surface area contributed by atoms with Crippen molar-refractivity contribution in [3.05, 3.63) is 64.7 Å². The molecule has 0 spiro atoms. The van der Waals surface area contributed by atoms with Crippen molar-refractivity contribution >= 4 is 23.6 Å². The van der Waals surface area contributed by atoms with E-state index in [-0.39, 0.29) is 22.6 Å². The Morgan fingerprint density at radius 3 is 3.04 bits per heavy atom. The normalized spacial score (nSPS) is 17.3. The molecule has 0 aliphatic carbocycles. The number of carbonyl (C=O) groups excluding carboxylic acids is 1. The molecule has 0 radical (unpaired) electrons. The topological polar surface area (TPSA) is 51.7 Å². The summed E-state index contributed by atoms with van der Waals surface area (Å²) < 4.78 is 25.1. The van der Waals surface area contributed by atoms with E-state index in [1.165, 1.54) is 24.3 Å². The lowest BCUT2D eigenvalue weighted by molar-refractivity contribution is -0.134. The molecule has 3 rings (SSSR count). The number of pyridine rings is 1. The zero-order valence-electron chi connectivity index (χ0n) is 14.9. The highest BCUT2D eigenvalue weighted by molar-refractivity contribution is 6.32. The van der Waals surface area contributed by atoms with Gasteiger partial charge in [0.1, 0.15) is 24.3 Å². The van der Waals surface area contributed by atoms with Gasteiger partial charge in [-0.2, -0.15) is 0 Å². The van der Waals surface area contributed by atoms with Gasteiger partial charge in [-0.3, -0.25) is 9.78 Å². The van der Waals surface area contributed by atoms with E-state index >= 15 is 0 Å². The van der Waals surface area contributed by atoms with E-state index in [1.54, 1.807) is 17.2 Å². The van der Waals surface area contributed by atoms with Gasteiger partial charge in [0, 0.05) is 23.9 Å². The number of aromatic nitrogens is 1. The highest BCUT2D eigenvalue weighted by atomic mass is 35.5. The summed E-state index contributed by atoms with van der Waals surface area (Å²) in [5.41, 5.74) is 1.11. The molecule has 2 heterocycles. The van der Waals surface area contributed by atoms with Crippen molar-refractivity contribution in [3.63, 3.8) is 0 Å². The molecule has 1 aliphatic heterocycles. The second-order valence-electron chi connectivity index (χ2n) is 6.19. The molecule has 1 saturated heterocycles. The van der Waals surface area contributed by atoms with Gasteiger partial charge in [-0.25, -0.2) is 4.39 Å². The highest BCUT2D eigenvalue weighted by Gasteiger charge is 2.23. The number of nitrogens with zero attached hydrogens (tertiary/aromatic N) is 2. The third kappa shape index (κ3) is 5.28. The lowest BCUT2D eigenvalue weighted by atomic mass is 10.2. The highest BCUT2D eigenvalue weighted by Crippen LogP contribution is 2.20. The summed E-state index contributed by atoms with van der Waals surface area (Å²) in [6.45, 7) is 3.50. The first kappa shape index (κ1) is 19.3. The Morgan fingerprint density at radius 1 is 1.44 bits per heavy atom. The van der Waals surface area contributed by atoms with Gasteiger partial charge in [0.25, 0.3) is 0 Å². The molecule has 1 aromatic carbocycles. The van der Waals surface area contributed by atoms with Crippen molar-refractivity contribution in [1.82, 2.24) is 9.88 Å². The lowest BCUT2D eigenvalue weighted by Crippen LogP contribution is -2.47. The predicted molar refractivity (Wildman–Crippen MR) is 101 cm³/mol. The Hall–Kier alpha value is -2.44. The van der Waals surface area contributed by atoms with Crippen LogP contribution in [0.15, 0.2) is 42.6 Å². The molecule has 7 heteroatoms. The minimum absolute atomic E-state index is 0.201. The molecular weight excluding hydrogens is 371 g/mol. The van der Waals surface area contributed by atoms with Crippen LogP contribution in [0, 0.1) is 12.7 Å². The van der Waals surface area contributed by atoms with Crippen molar-refractivity contribution in [2.45, 2.75) is 13.0 Å². The monoisotopic (exact) mass is 390 g/mol. The third-order valence-electron chi connectivity index (χ3n) is 4.16. The fraction of sp³-hybridized carbons (Fsp3) is 0.300. The molecule has 5 nitrogen and oxygen atoms in total. The van der Waals surface area contributed by atoms with Crippen molar-refractivity contribution < 1.29 is 18.7 Å². The van der Waals surface area contributed by atoms with E-state index in [2.05, 4.69) is 4.98 Å². The number of rotatable bonds is 5. The quantitative estimate of drug-likeness (QED) is 0.733. The number of ether oxygens (including phenoxy) is 2. The number of hydrogen-bond acceptors (Lipinski definition) is 4. The summed E-state index contributed by atoms with van der Waals surface area (Å²) in [7, 11) is 0. The number of aryl methyl sites for hydroxylation is 1. The van der Waals surface area contributed by atoms with E-state index in [1.807, 2.05) is 19.1 Å². The average molecular weight is 391 g/mol. The zero-order valence-corrected chi connectivity index (χ0v) is 15.7. The first-order valence-corrected chi connectivity index (χ1v) is 8.99. The van der Waals surface area contributed by atoms with E-state index in [0.29, 0.717) is 32.1 Å². The Kier molecular flexibility index (Phi) is 6.42. The molecule has 0 bridgehead atoms. The number of morpholine rings is 1. The Morgan fingerprint density at radius 2 is 2.30 bits per heavy atom. The molecule has 1 aliphatic rings. The molecule has 1 atom stereocenters. The maximum atomic E-state index is 13.8. The van der Waals surface area contributed by atoms with Gasteiger partial charge >= 0.3 is 0 Å². The van der Waals surface area contributed by atoms with E-state index in [4.69, 9.17) is 21.1 Å². The molecule has 0 N–H and O–H groups in total. The van der Waals surface area contributed by atoms with Gasteiger partial charge < -0.3 is 14.4 Å². The van der Waals surface area contributed by atoms with Crippen molar-refractivity contribution in [3.8, 4) is 5.75 Å². The lowest BCUT2D eigenvalue weighted by Gasteiger charge is -2.32. The maximum absolute atomic E-state index is 13.8. The van der Waals surface area contributed by atoms with E-state index in [9.17, 15) is 9.18 Å². The van der Waals surface area contributed by atoms with Gasteiger partial charge in [0.2, 0.25) is 5.91 Å². The number of carbonyl (C=O) groups is 1. The number of amides is 1. The fourth-order valence-electron chi connectivity index (χ4n) is 2.68. The maximum Gasteiger partial charge on any atom is 0.246 e. The van der Waals surface area contributed by atoms with Crippen LogP contribution < -0.4 is 4.74 Å². The van der Waals surface area contributed by atoms with Gasteiger partial charge in [0.05, 0.1) is 24.4 Å². The van der Waals surface area contributed by atoms with Crippen LogP contribution in [-0.2, 0) is 9.53 Å². The fourth-order valence-corrected chi connectivity index (χ4v) is 2.91. The first-order valence-electron chi connectivity index (χ1n) is 8.61. The van der Waals surface area contributed by atoms with E-state index in [0.717, 1.165) is 5.69 Å². The van der Waals surface area contributed by atoms with Gasteiger partial charge in [-0.1, -0.05) is 17.7 Å². The largest absolute Gasteiger partial charge is 0.489 e. The Labute approximate surface area is 162 Å². The van der Waals surface area contributed by atoms with Crippen LogP contribution in [0.4, 0.5) is 4.39 Å². The summed E-state index contributed by atoms with van der Waals surface area (Å²) in [5.74, 6) is -0.0344. The summed E-state index contributed by atoms with van der Waals surface area (Å²) >= 11 is 5.97. The van der Waals surface area contributed by atoms with Gasteiger partial charge in [-0.05, 0) is 37.3 Å².